The molecule has 5 heteroatoms. The number of nitrogens with one attached hydrogen (secondary N) is 1. The number of hydrogen-bond donors (Lipinski definition) is 2. The van der Waals surface area contributed by atoms with Crippen molar-refractivity contribution in [3.63, 3.8) is 0 Å². The van der Waals surface area contributed by atoms with Crippen molar-refractivity contribution in [2.24, 2.45) is 0 Å². The van der Waals surface area contributed by atoms with E-state index in [4.69, 9.17) is 4.74 Å². The highest BCUT2D eigenvalue weighted by Crippen LogP contribution is 2.25. The van der Waals surface area contributed by atoms with Crippen molar-refractivity contribution in [2.75, 3.05) is 39.4 Å². The summed E-state index contributed by atoms with van der Waals surface area (Å²) in [6.45, 7) is 6.70. The van der Waals surface area contributed by atoms with Crippen LogP contribution in [0.2, 0.25) is 0 Å². The van der Waals surface area contributed by atoms with Gasteiger partial charge in [0.2, 0.25) is 0 Å². The van der Waals surface area contributed by atoms with Crippen molar-refractivity contribution in [3.05, 3.63) is 34.3 Å². The molecule has 0 aliphatic carbocycles. The Hall–Kier alpha value is -0.460. The third-order valence-electron chi connectivity index (χ3n) is 3.89. The summed E-state index contributed by atoms with van der Waals surface area (Å²) < 4.78 is 6.66. The molecule has 1 saturated heterocycles. The molecule has 21 heavy (non-hydrogen) atoms. The van der Waals surface area contributed by atoms with Crippen LogP contribution in [0.5, 0.6) is 0 Å². The van der Waals surface area contributed by atoms with Crippen molar-refractivity contribution in [1.82, 2.24) is 10.2 Å². The highest BCUT2D eigenvalue weighted by molar-refractivity contribution is 9.10. The molecule has 0 aromatic heterocycles. The van der Waals surface area contributed by atoms with Crippen LogP contribution in [-0.2, 0) is 4.74 Å². The number of halogens is 1. The summed E-state index contributed by atoms with van der Waals surface area (Å²) in [7, 11) is 0. The van der Waals surface area contributed by atoms with E-state index in [1.165, 1.54) is 5.56 Å². The van der Waals surface area contributed by atoms with E-state index in [-0.39, 0.29) is 12.7 Å². The number of morpholine rings is 1. The average molecular weight is 357 g/mol. The van der Waals surface area contributed by atoms with Gasteiger partial charge in [-0.15, -0.1) is 0 Å². The van der Waals surface area contributed by atoms with Crippen molar-refractivity contribution in [3.8, 4) is 0 Å². The first-order valence-corrected chi connectivity index (χ1v) is 8.46. The molecule has 0 bridgehead atoms. The van der Waals surface area contributed by atoms with E-state index in [1.54, 1.807) is 0 Å². The lowest BCUT2D eigenvalue weighted by molar-refractivity contribution is -0.0533. The summed E-state index contributed by atoms with van der Waals surface area (Å²) >= 11 is 3.65. The minimum Gasteiger partial charge on any atom is -0.394 e. The molecule has 0 amide bonds. The van der Waals surface area contributed by atoms with Gasteiger partial charge < -0.3 is 15.2 Å². The fraction of sp³-hybridized carbons (Fsp3) is 0.625. The van der Waals surface area contributed by atoms with Gasteiger partial charge in [-0.2, -0.15) is 0 Å². The van der Waals surface area contributed by atoms with Crippen LogP contribution >= 0.6 is 15.9 Å². The molecular formula is C16H25BrN2O2. The minimum atomic E-state index is -0.0280. The van der Waals surface area contributed by atoms with Crippen molar-refractivity contribution in [1.29, 1.82) is 0 Å². The summed E-state index contributed by atoms with van der Waals surface area (Å²) in [4.78, 5) is 2.38. The van der Waals surface area contributed by atoms with Gasteiger partial charge in [0.15, 0.2) is 0 Å². The van der Waals surface area contributed by atoms with E-state index in [0.29, 0.717) is 12.6 Å². The maximum atomic E-state index is 9.21. The van der Waals surface area contributed by atoms with Gasteiger partial charge in [-0.05, 0) is 24.6 Å². The number of rotatable bonds is 7. The number of aliphatic hydroxyl groups excluding tert-OH is 1. The smallest absolute Gasteiger partial charge is 0.0932 e. The fourth-order valence-corrected chi connectivity index (χ4v) is 3.34. The van der Waals surface area contributed by atoms with Gasteiger partial charge in [0, 0.05) is 30.1 Å². The molecule has 2 rings (SSSR count). The first-order chi connectivity index (χ1) is 10.2. The average Bonchev–Trinajstić information content (AvgIpc) is 2.52. The highest BCUT2D eigenvalue weighted by atomic mass is 79.9. The van der Waals surface area contributed by atoms with Crippen LogP contribution in [-0.4, -0.2) is 55.5 Å². The maximum Gasteiger partial charge on any atom is 0.0932 e. The summed E-state index contributed by atoms with van der Waals surface area (Å²) in [5.41, 5.74) is 1.31. The van der Waals surface area contributed by atoms with Gasteiger partial charge in [0.1, 0.15) is 0 Å². The zero-order valence-electron chi connectivity index (χ0n) is 12.6. The minimum absolute atomic E-state index is 0.0280. The van der Waals surface area contributed by atoms with Gasteiger partial charge in [0.05, 0.1) is 19.3 Å². The Balaban J connectivity index is 1.92. The monoisotopic (exact) mass is 356 g/mol. The zero-order valence-corrected chi connectivity index (χ0v) is 14.2. The molecule has 4 nitrogen and oxygen atoms in total. The molecule has 1 aliphatic heterocycles. The molecular weight excluding hydrogens is 332 g/mol. The second-order valence-electron chi connectivity index (χ2n) is 5.40. The van der Waals surface area contributed by atoms with Gasteiger partial charge in [0.25, 0.3) is 0 Å². The molecule has 1 fully saturated rings. The van der Waals surface area contributed by atoms with Crippen LogP contribution in [0.3, 0.4) is 0 Å². The van der Waals surface area contributed by atoms with E-state index in [9.17, 15) is 5.11 Å². The van der Waals surface area contributed by atoms with Crippen molar-refractivity contribution < 1.29 is 9.84 Å². The highest BCUT2D eigenvalue weighted by Gasteiger charge is 2.21. The predicted octanol–water partition coefficient (Wildman–Crippen LogP) is 2.18. The largest absolute Gasteiger partial charge is 0.394 e. The van der Waals surface area contributed by atoms with Gasteiger partial charge in [-0.25, -0.2) is 0 Å². The lowest BCUT2D eigenvalue weighted by atomic mass is 10.0. The molecule has 1 heterocycles. The third kappa shape index (κ3) is 5.04. The van der Waals surface area contributed by atoms with Gasteiger partial charge >= 0.3 is 0 Å². The lowest BCUT2D eigenvalue weighted by Crippen LogP contribution is -2.44. The SMILES string of the molecule is CCNC(CCN1CCOC(CO)C1)c1ccccc1Br. The number of nitrogens with zero attached hydrogens (tertiary/aromatic N) is 1. The van der Waals surface area contributed by atoms with Crippen LogP contribution < -0.4 is 5.32 Å². The summed E-state index contributed by atoms with van der Waals surface area (Å²) in [5.74, 6) is 0. The first-order valence-electron chi connectivity index (χ1n) is 7.67. The quantitative estimate of drug-likeness (QED) is 0.785. The van der Waals surface area contributed by atoms with E-state index < -0.39 is 0 Å². The van der Waals surface area contributed by atoms with Crippen molar-refractivity contribution in [2.45, 2.75) is 25.5 Å². The number of hydrogen-bond acceptors (Lipinski definition) is 4. The Labute approximate surface area is 135 Å². The zero-order chi connectivity index (χ0) is 15.1. The standard InChI is InChI=1S/C16H25BrN2O2/c1-2-18-16(14-5-3-4-6-15(14)17)7-8-19-9-10-21-13(11-19)12-20/h3-6,13,16,18,20H,2,7-12H2,1H3. The predicted molar refractivity (Wildman–Crippen MR) is 88.4 cm³/mol. The Kier molecular flexibility index (Phi) is 7.13. The molecule has 118 valence electrons. The second kappa shape index (κ2) is 8.86. The fourth-order valence-electron chi connectivity index (χ4n) is 2.78. The van der Waals surface area contributed by atoms with Crippen LogP contribution in [0, 0.1) is 0 Å². The summed E-state index contributed by atoms with van der Waals surface area (Å²) in [5, 5.41) is 12.8. The maximum absolute atomic E-state index is 9.21. The summed E-state index contributed by atoms with van der Waals surface area (Å²) in [6.07, 6.45) is 1.02. The topological polar surface area (TPSA) is 44.7 Å². The van der Waals surface area contributed by atoms with Crippen LogP contribution in [0.4, 0.5) is 0 Å². The van der Waals surface area contributed by atoms with E-state index in [2.05, 4.69) is 51.3 Å². The number of aliphatic hydroxyl groups is 1. The Morgan fingerprint density at radius 2 is 2.29 bits per heavy atom. The van der Waals surface area contributed by atoms with Crippen molar-refractivity contribution >= 4 is 15.9 Å². The molecule has 2 unspecified atom stereocenters. The third-order valence-corrected chi connectivity index (χ3v) is 4.61. The molecule has 1 aromatic carbocycles. The molecule has 1 aliphatic rings. The summed E-state index contributed by atoms with van der Waals surface area (Å²) in [6, 6.07) is 8.75. The molecule has 1 aromatic rings. The first kappa shape index (κ1) is 16.9. The molecule has 2 atom stereocenters. The normalized spacial score (nSPS) is 21.4. The van der Waals surface area contributed by atoms with Gasteiger partial charge in [-0.3, -0.25) is 4.90 Å². The molecule has 0 radical (unpaired) electrons. The lowest BCUT2D eigenvalue weighted by Gasteiger charge is -2.33. The number of benzene rings is 1. The molecule has 2 N–H and O–H groups in total. The number of ether oxygens (including phenoxy) is 1. The van der Waals surface area contributed by atoms with Gasteiger partial charge in [-0.1, -0.05) is 41.1 Å². The van der Waals surface area contributed by atoms with Crippen LogP contribution in [0.25, 0.3) is 0 Å². The van der Waals surface area contributed by atoms with E-state index in [0.717, 1.165) is 37.1 Å². The van der Waals surface area contributed by atoms with Crippen LogP contribution in [0.1, 0.15) is 24.9 Å². The second-order valence-corrected chi connectivity index (χ2v) is 6.25. The molecule has 0 spiro atoms. The van der Waals surface area contributed by atoms with Crippen LogP contribution in [0.15, 0.2) is 28.7 Å². The Bertz CT molecular complexity index is 430. The Morgan fingerprint density at radius 1 is 1.48 bits per heavy atom. The van der Waals surface area contributed by atoms with E-state index in [1.807, 2.05) is 6.07 Å². The molecule has 0 saturated carbocycles. The van der Waals surface area contributed by atoms with E-state index >= 15 is 0 Å². The Morgan fingerprint density at radius 3 is 3.00 bits per heavy atom.